The molecule has 106 valence electrons. The average Bonchev–Trinajstić information content (AvgIpc) is 2.97. The number of likely N-dealkylation sites (N-methyl/N-ethyl adjacent to an activating group) is 1. The molecule has 2 atom stereocenters. The fourth-order valence-corrected chi connectivity index (χ4v) is 2.74. The minimum Gasteiger partial charge on any atom is -0.496 e. The van der Waals surface area contributed by atoms with E-state index in [0.717, 1.165) is 31.6 Å². The summed E-state index contributed by atoms with van der Waals surface area (Å²) in [6, 6.07) is 8.76. The first-order chi connectivity index (χ1) is 9.33. The highest BCUT2D eigenvalue weighted by Gasteiger charge is 2.18. The van der Waals surface area contributed by atoms with Crippen LogP contribution in [0.3, 0.4) is 0 Å². The van der Waals surface area contributed by atoms with Gasteiger partial charge in [-0.2, -0.15) is 0 Å². The molecule has 1 aromatic carbocycles. The Bertz CT molecular complexity index is 375. The van der Waals surface area contributed by atoms with Crippen LogP contribution in [0.15, 0.2) is 24.3 Å². The molecule has 1 heterocycles. The Balaban J connectivity index is 1.86. The third-order valence-corrected chi connectivity index (χ3v) is 3.93. The van der Waals surface area contributed by atoms with Crippen LogP contribution >= 0.6 is 0 Å². The molecule has 1 aromatic rings. The highest BCUT2D eigenvalue weighted by molar-refractivity contribution is 5.33. The van der Waals surface area contributed by atoms with Gasteiger partial charge in [0.15, 0.2) is 0 Å². The van der Waals surface area contributed by atoms with Crippen LogP contribution in [-0.2, 0) is 11.2 Å². The molecule has 0 radical (unpaired) electrons. The van der Waals surface area contributed by atoms with Crippen LogP contribution in [-0.4, -0.2) is 32.9 Å². The van der Waals surface area contributed by atoms with E-state index in [1.54, 1.807) is 7.11 Å². The smallest absolute Gasteiger partial charge is 0.122 e. The Morgan fingerprint density at radius 2 is 2.26 bits per heavy atom. The molecule has 0 aliphatic carbocycles. The third kappa shape index (κ3) is 4.22. The van der Waals surface area contributed by atoms with Crippen molar-refractivity contribution >= 4 is 0 Å². The van der Waals surface area contributed by atoms with Crippen molar-refractivity contribution in [1.82, 2.24) is 5.32 Å². The van der Waals surface area contributed by atoms with Crippen LogP contribution in [0, 0.1) is 0 Å². The molecule has 0 spiro atoms. The second-order valence-electron chi connectivity index (χ2n) is 5.21. The first-order valence-electron chi connectivity index (χ1n) is 7.24. The van der Waals surface area contributed by atoms with E-state index in [9.17, 15) is 0 Å². The van der Waals surface area contributed by atoms with Crippen molar-refractivity contribution in [1.29, 1.82) is 0 Å². The lowest BCUT2D eigenvalue weighted by Crippen LogP contribution is -2.29. The molecule has 2 unspecified atom stereocenters. The summed E-state index contributed by atoms with van der Waals surface area (Å²) in [6.45, 7) is 0.946. The summed E-state index contributed by atoms with van der Waals surface area (Å²) in [7, 11) is 3.77. The van der Waals surface area contributed by atoms with Gasteiger partial charge < -0.3 is 14.8 Å². The van der Waals surface area contributed by atoms with Gasteiger partial charge in [-0.1, -0.05) is 18.2 Å². The van der Waals surface area contributed by atoms with Crippen LogP contribution in [0.2, 0.25) is 0 Å². The molecule has 1 N–H and O–H groups in total. The molecule has 3 heteroatoms. The van der Waals surface area contributed by atoms with Crippen LogP contribution in [0.1, 0.15) is 31.2 Å². The second-order valence-corrected chi connectivity index (χ2v) is 5.21. The lowest BCUT2D eigenvalue weighted by Gasteiger charge is -2.19. The van der Waals surface area contributed by atoms with Gasteiger partial charge in [-0.3, -0.25) is 0 Å². The van der Waals surface area contributed by atoms with Gasteiger partial charge in [-0.05, 0) is 50.8 Å². The molecule has 2 rings (SSSR count). The predicted molar refractivity (Wildman–Crippen MR) is 77.8 cm³/mol. The Hall–Kier alpha value is -1.06. The number of para-hydroxylation sites is 1. The van der Waals surface area contributed by atoms with Crippen molar-refractivity contribution in [2.75, 3.05) is 20.8 Å². The first kappa shape index (κ1) is 14.4. The number of nitrogens with one attached hydrogen (secondary N) is 1. The summed E-state index contributed by atoms with van der Waals surface area (Å²) in [6.07, 6.45) is 6.24. The highest BCUT2D eigenvalue weighted by atomic mass is 16.5. The maximum absolute atomic E-state index is 5.69. The largest absolute Gasteiger partial charge is 0.496 e. The topological polar surface area (TPSA) is 30.5 Å². The van der Waals surface area contributed by atoms with Gasteiger partial charge in [0.1, 0.15) is 5.75 Å². The number of methoxy groups -OCH3 is 1. The van der Waals surface area contributed by atoms with Crippen molar-refractivity contribution in [3.05, 3.63) is 29.8 Å². The summed E-state index contributed by atoms with van der Waals surface area (Å²) >= 11 is 0. The minimum atomic E-state index is 0.480. The lowest BCUT2D eigenvalue weighted by molar-refractivity contribution is 0.0998. The monoisotopic (exact) mass is 263 g/mol. The predicted octanol–water partition coefficient (Wildman–Crippen LogP) is 2.78. The van der Waals surface area contributed by atoms with Gasteiger partial charge >= 0.3 is 0 Å². The zero-order valence-electron chi connectivity index (χ0n) is 12.0. The van der Waals surface area contributed by atoms with E-state index in [1.807, 2.05) is 19.2 Å². The molecular formula is C16H25NO2. The summed E-state index contributed by atoms with van der Waals surface area (Å²) in [5, 5.41) is 3.41. The molecule has 1 fully saturated rings. The van der Waals surface area contributed by atoms with Gasteiger partial charge in [-0.25, -0.2) is 0 Å². The molecule has 19 heavy (non-hydrogen) atoms. The van der Waals surface area contributed by atoms with Crippen molar-refractivity contribution in [2.45, 2.75) is 44.2 Å². The average molecular weight is 263 g/mol. The van der Waals surface area contributed by atoms with E-state index in [-0.39, 0.29) is 0 Å². The van der Waals surface area contributed by atoms with E-state index < -0.39 is 0 Å². The number of ether oxygens (including phenoxy) is 2. The highest BCUT2D eigenvalue weighted by Crippen LogP contribution is 2.22. The molecule has 1 aliphatic heterocycles. The fraction of sp³-hybridized carbons (Fsp3) is 0.625. The van der Waals surface area contributed by atoms with Crippen LogP contribution in [0.25, 0.3) is 0 Å². The molecule has 1 saturated heterocycles. The van der Waals surface area contributed by atoms with Gasteiger partial charge in [0.05, 0.1) is 13.2 Å². The number of benzene rings is 1. The Labute approximate surface area is 116 Å². The SMILES string of the molecule is CNC(CCC1CCCO1)Cc1ccccc1OC. The van der Waals surface area contributed by atoms with Crippen LogP contribution in [0.5, 0.6) is 5.75 Å². The van der Waals surface area contributed by atoms with Gasteiger partial charge in [0.2, 0.25) is 0 Å². The quantitative estimate of drug-likeness (QED) is 0.820. The summed E-state index contributed by atoms with van der Waals surface area (Å²) in [5.74, 6) is 0.986. The summed E-state index contributed by atoms with van der Waals surface area (Å²) < 4.78 is 11.1. The first-order valence-corrected chi connectivity index (χ1v) is 7.24. The number of hydrogen-bond donors (Lipinski definition) is 1. The van der Waals surface area contributed by atoms with Crippen LogP contribution in [0.4, 0.5) is 0 Å². The zero-order valence-corrected chi connectivity index (χ0v) is 12.0. The van der Waals surface area contributed by atoms with Crippen molar-refractivity contribution < 1.29 is 9.47 Å². The maximum Gasteiger partial charge on any atom is 0.122 e. The standard InChI is InChI=1S/C16H25NO2/c1-17-14(9-10-15-7-5-11-19-15)12-13-6-3-4-8-16(13)18-2/h3-4,6,8,14-15,17H,5,7,9-12H2,1-2H3. The molecule has 0 bridgehead atoms. The third-order valence-electron chi connectivity index (χ3n) is 3.93. The summed E-state index contributed by atoms with van der Waals surface area (Å²) in [5.41, 5.74) is 1.27. The Morgan fingerprint density at radius 1 is 1.42 bits per heavy atom. The van der Waals surface area contributed by atoms with Gasteiger partial charge in [0.25, 0.3) is 0 Å². The van der Waals surface area contributed by atoms with E-state index in [4.69, 9.17) is 9.47 Å². The van der Waals surface area contributed by atoms with E-state index in [2.05, 4.69) is 17.4 Å². The number of hydrogen-bond acceptors (Lipinski definition) is 3. The number of rotatable bonds is 7. The zero-order chi connectivity index (χ0) is 13.5. The van der Waals surface area contributed by atoms with Gasteiger partial charge in [-0.15, -0.1) is 0 Å². The lowest BCUT2D eigenvalue weighted by atomic mass is 9.99. The molecular weight excluding hydrogens is 238 g/mol. The van der Waals surface area contributed by atoms with E-state index >= 15 is 0 Å². The second kappa shape index (κ2) is 7.51. The normalized spacial score (nSPS) is 20.4. The molecule has 1 aliphatic rings. The van der Waals surface area contributed by atoms with E-state index in [0.29, 0.717) is 12.1 Å². The maximum atomic E-state index is 5.69. The van der Waals surface area contributed by atoms with E-state index in [1.165, 1.54) is 18.4 Å². The van der Waals surface area contributed by atoms with Crippen molar-refractivity contribution in [2.24, 2.45) is 0 Å². The fourth-order valence-electron chi connectivity index (χ4n) is 2.74. The Kier molecular flexibility index (Phi) is 5.67. The Morgan fingerprint density at radius 3 is 2.95 bits per heavy atom. The summed E-state index contributed by atoms with van der Waals surface area (Å²) in [4.78, 5) is 0. The minimum absolute atomic E-state index is 0.480. The van der Waals surface area contributed by atoms with Crippen LogP contribution < -0.4 is 10.1 Å². The van der Waals surface area contributed by atoms with Crippen molar-refractivity contribution in [3.8, 4) is 5.75 Å². The molecule has 0 saturated carbocycles. The molecule has 0 amide bonds. The molecule has 0 aromatic heterocycles. The van der Waals surface area contributed by atoms with Crippen molar-refractivity contribution in [3.63, 3.8) is 0 Å². The van der Waals surface area contributed by atoms with Gasteiger partial charge in [0, 0.05) is 12.6 Å². The molecule has 3 nitrogen and oxygen atoms in total.